The minimum atomic E-state index is 0.103. The molecule has 0 aliphatic rings. The number of thiophene rings is 1. The summed E-state index contributed by atoms with van der Waals surface area (Å²) in [6, 6.07) is 10.6. The van der Waals surface area contributed by atoms with Gasteiger partial charge in [0.15, 0.2) is 0 Å². The molecule has 17 heavy (non-hydrogen) atoms. The van der Waals surface area contributed by atoms with E-state index in [9.17, 15) is 0 Å². The van der Waals surface area contributed by atoms with Crippen molar-refractivity contribution >= 4 is 27.3 Å². The maximum absolute atomic E-state index is 6.26. The molecular formula is C14H16BrNS. The minimum absolute atomic E-state index is 0.103. The Morgan fingerprint density at radius 1 is 1.29 bits per heavy atom. The fraction of sp³-hybridized carbons (Fsp3) is 0.286. The lowest BCUT2D eigenvalue weighted by atomic mass is 10.0. The largest absolute Gasteiger partial charge is 0.324 e. The van der Waals surface area contributed by atoms with Crippen LogP contribution in [-0.4, -0.2) is 0 Å². The maximum atomic E-state index is 6.26. The lowest BCUT2D eigenvalue weighted by molar-refractivity contribution is 0.652. The quantitative estimate of drug-likeness (QED) is 0.887. The van der Waals surface area contributed by atoms with Crippen LogP contribution in [0.25, 0.3) is 0 Å². The van der Waals surface area contributed by atoms with E-state index in [4.69, 9.17) is 5.73 Å². The molecule has 0 fully saturated rings. The second-order valence-electron chi connectivity index (χ2n) is 4.20. The van der Waals surface area contributed by atoms with Gasteiger partial charge in [-0.25, -0.2) is 0 Å². The first-order valence-corrected chi connectivity index (χ1v) is 7.38. The molecule has 0 saturated carbocycles. The highest BCUT2D eigenvalue weighted by atomic mass is 79.9. The Morgan fingerprint density at radius 2 is 2.12 bits per heavy atom. The summed E-state index contributed by atoms with van der Waals surface area (Å²) in [6.07, 6.45) is 2.04. The van der Waals surface area contributed by atoms with Crippen molar-refractivity contribution in [3.05, 3.63) is 56.2 Å². The van der Waals surface area contributed by atoms with Crippen molar-refractivity contribution in [2.24, 2.45) is 5.73 Å². The van der Waals surface area contributed by atoms with E-state index >= 15 is 0 Å². The minimum Gasteiger partial charge on any atom is -0.324 e. The highest BCUT2D eigenvalue weighted by Gasteiger charge is 2.11. The van der Waals surface area contributed by atoms with Crippen LogP contribution in [0.4, 0.5) is 0 Å². The molecule has 0 saturated heterocycles. The maximum Gasteiger partial charge on any atom is 0.0309 e. The van der Waals surface area contributed by atoms with Crippen LogP contribution in [0.5, 0.6) is 0 Å². The van der Waals surface area contributed by atoms with Crippen molar-refractivity contribution in [1.82, 2.24) is 0 Å². The molecule has 1 heterocycles. The Morgan fingerprint density at radius 3 is 2.82 bits per heavy atom. The summed E-state index contributed by atoms with van der Waals surface area (Å²) in [6.45, 7) is 2.10. The highest BCUT2D eigenvalue weighted by molar-refractivity contribution is 9.10. The fourth-order valence-corrected chi connectivity index (χ4v) is 3.15. The molecule has 1 atom stereocenters. The second-order valence-corrected chi connectivity index (χ2v) is 6.03. The first-order valence-electron chi connectivity index (χ1n) is 5.71. The standard InChI is InChI=1S/C14H16BrNS/c1-10-4-2-6-12(14(10)15)13(16)8-7-11-5-3-9-17-11/h2-6,9,13H,7-8,16H2,1H3. The van der Waals surface area contributed by atoms with E-state index in [1.165, 1.54) is 16.0 Å². The molecule has 0 aliphatic heterocycles. The molecule has 2 N–H and O–H groups in total. The Labute approximate surface area is 115 Å². The fourth-order valence-electron chi connectivity index (χ4n) is 1.86. The number of aryl methyl sites for hydroxylation is 2. The van der Waals surface area contributed by atoms with Gasteiger partial charge in [-0.15, -0.1) is 11.3 Å². The van der Waals surface area contributed by atoms with E-state index in [2.05, 4.69) is 58.6 Å². The average Bonchev–Trinajstić information content (AvgIpc) is 2.82. The molecule has 2 rings (SSSR count). The van der Waals surface area contributed by atoms with Crippen LogP contribution in [-0.2, 0) is 6.42 Å². The number of halogens is 1. The summed E-state index contributed by atoms with van der Waals surface area (Å²) >= 11 is 5.42. The summed E-state index contributed by atoms with van der Waals surface area (Å²) in [4.78, 5) is 1.41. The van der Waals surface area contributed by atoms with Crippen LogP contribution in [0.3, 0.4) is 0 Å². The second kappa shape index (κ2) is 5.80. The van der Waals surface area contributed by atoms with Gasteiger partial charge in [0.1, 0.15) is 0 Å². The molecule has 0 bridgehead atoms. The number of benzene rings is 1. The van der Waals surface area contributed by atoms with Crippen molar-refractivity contribution < 1.29 is 0 Å². The van der Waals surface area contributed by atoms with E-state index in [-0.39, 0.29) is 6.04 Å². The summed E-state index contributed by atoms with van der Waals surface area (Å²) < 4.78 is 1.15. The number of hydrogen-bond acceptors (Lipinski definition) is 2. The van der Waals surface area contributed by atoms with E-state index < -0.39 is 0 Å². The molecule has 1 nitrogen and oxygen atoms in total. The summed E-state index contributed by atoms with van der Waals surface area (Å²) in [5.41, 5.74) is 8.71. The van der Waals surface area contributed by atoms with Crippen molar-refractivity contribution in [3.8, 4) is 0 Å². The van der Waals surface area contributed by atoms with Crippen LogP contribution in [0.1, 0.15) is 28.5 Å². The van der Waals surface area contributed by atoms with E-state index in [1.54, 1.807) is 11.3 Å². The van der Waals surface area contributed by atoms with Crippen LogP contribution in [0, 0.1) is 6.92 Å². The monoisotopic (exact) mass is 309 g/mol. The van der Waals surface area contributed by atoms with Gasteiger partial charge in [-0.2, -0.15) is 0 Å². The van der Waals surface area contributed by atoms with Gasteiger partial charge in [0, 0.05) is 15.4 Å². The molecular weight excluding hydrogens is 294 g/mol. The van der Waals surface area contributed by atoms with E-state index in [0.717, 1.165) is 17.3 Å². The topological polar surface area (TPSA) is 26.0 Å². The Kier molecular flexibility index (Phi) is 4.37. The molecule has 2 aromatic rings. The molecule has 1 aromatic carbocycles. The van der Waals surface area contributed by atoms with Crippen LogP contribution in [0.15, 0.2) is 40.2 Å². The molecule has 0 aliphatic carbocycles. The van der Waals surface area contributed by atoms with Gasteiger partial charge in [-0.05, 0) is 42.3 Å². The SMILES string of the molecule is Cc1cccc(C(N)CCc2cccs2)c1Br. The lowest BCUT2D eigenvalue weighted by Crippen LogP contribution is -2.12. The molecule has 90 valence electrons. The van der Waals surface area contributed by atoms with Gasteiger partial charge < -0.3 is 5.73 Å². The van der Waals surface area contributed by atoms with Gasteiger partial charge in [0.05, 0.1) is 0 Å². The van der Waals surface area contributed by atoms with Crippen molar-refractivity contribution in [2.75, 3.05) is 0 Å². The Hall–Kier alpha value is -0.640. The van der Waals surface area contributed by atoms with E-state index in [1.807, 2.05) is 0 Å². The van der Waals surface area contributed by atoms with Crippen LogP contribution >= 0.6 is 27.3 Å². The van der Waals surface area contributed by atoms with Crippen LogP contribution < -0.4 is 5.73 Å². The first-order chi connectivity index (χ1) is 8.18. The number of rotatable bonds is 4. The number of nitrogens with two attached hydrogens (primary N) is 1. The molecule has 1 unspecified atom stereocenters. The molecule has 3 heteroatoms. The first kappa shape index (κ1) is 12.8. The van der Waals surface area contributed by atoms with Crippen LogP contribution in [0.2, 0.25) is 0 Å². The van der Waals surface area contributed by atoms with E-state index in [0.29, 0.717) is 0 Å². The molecule has 0 amide bonds. The van der Waals surface area contributed by atoms with Gasteiger partial charge in [0.25, 0.3) is 0 Å². The zero-order valence-electron chi connectivity index (χ0n) is 9.82. The smallest absolute Gasteiger partial charge is 0.0309 e. The van der Waals surface area contributed by atoms with Gasteiger partial charge in [-0.3, -0.25) is 0 Å². The van der Waals surface area contributed by atoms with Gasteiger partial charge >= 0.3 is 0 Å². The normalized spacial score (nSPS) is 12.6. The average molecular weight is 310 g/mol. The predicted molar refractivity (Wildman–Crippen MR) is 78.4 cm³/mol. The molecule has 1 aromatic heterocycles. The lowest BCUT2D eigenvalue weighted by Gasteiger charge is -2.14. The zero-order chi connectivity index (χ0) is 12.3. The third kappa shape index (κ3) is 3.18. The third-order valence-electron chi connectivity index (χ3n) is 2.90. The highest BCUT2D eigenvalue weighted by Crippen LogP contribution is 2.28. The summed E-state index contributed by atoms with van der Waals surface area (Å²) in [5, 5.41) is 2.11. The van der Waals surface area contributed by atoms with Gasteiger partial charge in [0.2, 0.25) is 0 Å². The Bertz CT molecular complexity index is 479. The molecule has 0 radical (unpaired) electrons. The molecule has 0 spiro atoms. The third-order valence-corrected chi connectivity index (χ3v) is 4.92. The zero-order valence-corrected chi connectivity index (χ0v) is 12.2. The Balaban J connectivity index is 2.04. The predicted octanol–water partition coefficient (Wildman–Crippen LogP) is 4.45. The summed E-state index contributed by atoms with van der Waals surface area (Å²) in [5.74, 6) is 0. The van der Waals surface area contributed by atoms with Gasteiger partial charge in [-0.1, -0.05) is 40.2 Å². The van der Waals surface area contributed by atoms with Crippen molar-refractivity contribution in [1.29, 1.82) is 0 Å². The summed E-state index contributed by atoms with van der Waals surface area (Å²) in [7, 11) is 0. The number of hydrogen-bond donors (Lipinski definition) is 1. The van der Waals surface area contributed by atoms with Crippen molar-refractivity contribution in [3.63, 3.8) is 0 Å². The van der Waals surface area contributed by atoms with Crippen molar-refractivity contribution in [2.45, 2.75) is 25.8 Å².